The number of pyridine rings is 1. The largest absolute Gasteiger partial charge is 0.360 e. The Morgan fingerprint density at radius 1 is 1.64 bits per heavy atom. The second-order valence-electron chi connectivity index (χ2n) is 2.99. The first kappa shape index (κ1) is 8.71. The van der Waals surface area contributed by atoms with Crippen LogP contribution in [0.15, 0.2) is 18.5 Å². The van der Waals surface area contributed by atoms with Gasteiger partial charge in [0.2, 0.25) is 0 Å². The Balaban J connectivity index is 2.73. The van der Waals surface area contributed by atoms with Crippen LogP contribution in [0.5, 0.6) is 0 Å². The number of hydrazine groups is 1. The van der Waals surface area contributed by atoms with Crippen LogP contribution in [0.25, 0.3) is 10.9 Å². The minimum absolute atomic E-state index is 0.313. The molecular formula is C9H10N4O. The van der Waals surface area contributed by atoms with Crippen LogP contribution in [0.4, 0.5) is 0 Å². The third-order valence-electron chi connectivity index (χ3n) is 2.16. The normalized spacial score (nSPS) is 10.4. The first-order chi connectivity index (χ1) is 6.74. The van der Waals surface area contributed by atoms with E-state index in [2.05, 4.69) is 15.4 Å². The number of nitrogens with zero attached hydrogens (tertiary/aromatic N) is 1. The summed E-state index contributed by atoms with van der Waals surface area (Å²) < 4.78 is 0. The third kappa shape index (κ3) is 1.14. The number of fused-ring (bicyclic) bond motifs is 1. The van der Waals surface area contributed by atoms with Crippen molar-refractivity contribution in [2.45, 2.75) is 6.92 Å². The molecule has 72 valence electrons. The first-order valence-electron chi connectivity index (χ1n) is 4.17. The number of nitrogen functional groups attached to an aromatic ring is 1. The van der Waals surface area contributed by atoms with Crippen molar-refractivity contribution in [2.24, 2.45) is 5.84 Å². The van der Waals surface area contributed by atoms with E-state index in [-0.39, 0.29) is 5.91 Å². The van der Waals surface area contributed by atoms with Gasteiger partial charge in [-0.05, 0) is 13.0 Å². The van der Waals surface area contributed by atoms with Crippen molar-refractivity contribution in [3.8, 4) is 0 Å². The molecule has 0 radical (unpaired) electrons. The number of carbonyl (C=O) groups excluding carboxylic acids is 1. The molecule has 2 aromatic heterocycles. The quantitative estimate of drug-likeness (QED) is 0.347. The van der Waals surface area contributed by atoms with Crippen LogP contribution in [0.3, 0.4) is 0 Å². The molecule has 14 heavy (non-hydrogen) atoms. The van der Waals surface area contributed by atoms with Crippen molar-refractivity contribution in [3.63, 3.8) is 0 Å². The molecular weight excluding hydrogens is 180 g/mol. The van der Waals surface area contributed by atoms with Gasteiger partial charge in [0.05, 0.1) is 5.56 Å². The predicted molar refractivity (Wildman–Crippen MR) is 52.5 cm³/mol. The van der Waals surface area contributed by atoms with Gasteiger partial charge in [-0.25, -0.2) is 5.84 Å². The molecule has 0 spiro atoms. The molecule has 4 N–H and O–H groups in total. The Labute approximate surface area is 80.3 Å². The standard InChI is InChI=1S/C9H10N4O/c1-5-8-6(9(14)13-10)4-12-7(8)2-3-11-5/h2-4,12H,10H2,1H3,(H,13,14). The number of hydrogen-bond donors (Lipinski definition) is 3. The lowest BCUT2D eigenvalue weighted by atomic mass is 10.1. The van der Waals surface area contributed by atoms with Gasteiger partial charge < -0.3 is 4.98 Å². The summed E-state index contributed by atoms with van der Waals surface area (Å²) in [6.07, 6.45) is 3.32. The molecule has 0 atom stereocenters. The van der Waals surface area contributed by atoms with Gasteiger partial charge in [-0.1, -0.05) is 0 Å². The van der Waals surface area contributed by atoms with Crippen molar-refractivity contribution in [1.29, 1.82) is 0 Å². The molecule has 2 heterocycles. The van der Waals surface area contributed by atoms with Gasteiger partial charge >= 0.3 is 0 Å². The molecule has 5 nitrogen and oxygen atoms in total. The molecule has 0 aliphatic heterocycles. The summed E-state index contributed by atoms with van der Waals surface area (Å²) in [4.78, 5) is 18.5. The van der Waals surface area contributed by atoms with E-state index >= 15 is 0 Å². The summed E-state index contributed by atoms with van der Waals surface area (Å²) in [5.74, 6) is 4.76. The Morgan fingerprint density at radius 3 is 3.14 bits per heavy atom. The lowest BCUT2D eigenvalue weighted by Crippen LogP contribution is -2.29. The molecule has 1 amide bonds. The second-order valence-corrected chi connectivity index (χ2v) is 2.99. The van der Waals surface area contributed by atoms with Crippen LogP contribution in [0.1, 0.15) is 16.1 Å². The molecule has 2 rings (SSSR count). The lowest BCUT2D eigenvalue weighted by Gasteiger charge is -1.99. The smallest absolute Gasteiger partial charge is 0.267 e. The highest BCUT2D eigenvalue weighted by molar-refractivity contribution is 6.07. The lowest BCUT2D eigenvalue weighted by molar-refractivity contribution is 0.0955. The van der Waals surface area contributed by atoms with Gasteiger partial charge in [0.15, 0.2) is 0 Å². The maximum absolute atomic E-state index is 11.4. The Kier molecular flexibility index (Phi) is 1.94. The van der Waals surface area contributed by atoms with Crippen molar-refractivity contribution in [3.05, 3.63) is 29.7 Å². The Bertz CT molecular complexity index is 489. The van der Waals surface area contributed by atoms with Crippen LogP contribution < -0.4 is 11.3 Å². The Hall–Kier alpha value is -1.88. The van der Waals surface area contributed by atoms with Crippen LogP contribution >= 0.6 is 0 Å². The van der Waals surface area contributed by atoms with Crippen LogP contribution in [0, 0.1) is 6.92 Å². The third-order valence-corrected chi connectivity index (χ3v) is 2.16. The van der Waals surface area contributed by atoms with E-state index in [4.69, 9.17) is 5.84 Å². The fourth-order valence-corrected chi connectivity index (χ4v) is 1.51. The number of rotatable bonds is 1. The zero-order chi connectivity index (χ0) is 10.1. The molecule has 0 saturated carbocycles. The molecule has 0 saturated heterocycles. The van der Waals surface area contributed by atoms with E-state index in [0.717, 1.165) is 16.6 Å². The maximum Gasteiger partial charge on any atom is 0.267 e. The number of nitrogens with one attached hydrogen (secondary N) is 2. The molecule has 0 unspecified atom stereocenters. The molecule has 5 heteroatoms. The number of aromatic nitrogens is 2. The molecule has 0 aliphatic rings. The summed E-state index contributed by atoms with van der Waals surface area (Å²) in [6, 6.07) is 1.82. The first-order valence-corrected chi connectivity index (χ1v) is 4.17. The zero-order valence-electron chi connectivity index (χ0n) is 7.66. The van der Waals surface area contributed by atoms with E-state index in [1.54, 1.807) is 12.4 Å². The van der Waals surface area contributed by atoms with Crippen LogP contribution in [0.2, 0.25) is 0 Å². The van der Waals surface area contributed by atoms with Crippen molar-refractivity contribution >= 4 is 16.8 Å². The number of amides is 1. The average Bonchev–Trinajstić information content (AvgIpc) is 2.62. The number of aromatic amines is 1. The van der Waals surface area contributed by atoms with Gasteiger partial charge in [-0.2, -0.15) is 0 Å². The van der Waals surface area contributed by atoms with Crippen molar-refractivity contribution in [2.75, 3.05) is 0 Å². The number of nitrogens with two attached hydrogens (primary N) is 1. The predicted octanol–water partition coefficient (Wildman–Crippen LogP) is 0.475. The van der Waals surface area contributed by atoms with E-state index in [1.807, 2.05) is 13.0 Å². The highest BCUT2D eigenvalue weighted by Crippen LogP contribution is 2.19. The summed E-state index contributed by atoms with van der Waals surface area (Å²) in [6.45, 7) is 1.85. The topological polar surface area (TPSA) is 83.8 Å². The summed E-state index contributed by atoms with van der Waals surface area (Å²) >= 11 is 0. The number of aryl methyl sites for hydroxylation is 1. The van der Waals surface area contributed by atoms with Crippen molar-refractivity contribution in [1.82, 2.24) is 15.4 Å². The van der Waals surface area contributed by atoms with Gasteiger partial charge in [-0.15, -0.1) is 0 Å². The van der Waals surface area contributed by atoms with E-state index in [1.165, 1.54) is 0 Å². The molecule has 0 fully saturated rings. The minimum Gasteiger partial charge on any atom is -0.360 e. The molecule has 0 bridgehead atoms. The average molecular weight is 190 g/mol. The fraction of sp³-hybridized carbons (Fsp3) is 0.111. The SMILES string of the molecule is Cc1nccc2[nH]cc(C(=O)NN)c12. The molecule has 0 aliphatic carbocycles. The maximum atomic E-state index is 11.4. The summed E-state index contributed by atoms with van der Waals surface area (Å²) in [5.41, 5.74) is 4.31. The van der Waals surface area contributed by atoms with Gasteiger partial charge in [0, 0.05) is 29.0 Å². The van der Waals surface area contributed by atoms with Gasteiger partial charge in [-0.3, -0.25) is 15.2 Å². The number of hydrogen-bond acceptors (Lipinski definition) is 3. The molecule has 2 aromatic rings. The number of H-pyrrole nitrogens is 1. The highest BCUT2D eigenvalue weighted by Gasteiger charge is 2.12. The minimum atomic E-state index is -0.313. The second kappa shape index (κ2) is 3.12. The van der Waals surface area contributed by atoms with Crippen LogP contribution in [-0.2, 0) is 0 Å². The van der Waals surface area contributed by atoms with E-state index < -0.39 is 0 Å². The highest BCUT2D eigenvalue weighted by atomic mass is 16.2. The fourth-order valence-electron chi connectivity index (χ4n) is 1.51. The van der Waals surface area contributed by atoms with E-state index in [0.29, 0.717) is 5.56 Å². The molecule has 0 aromatic carbocycles. The van der Waals surface area contributed by atoms with Crippen LogP contribution in [-0.4, -0.2) is 15.9 Å². The Morgan fingerprint density at radius 2 is 2.43 bits per heavy atom. The number of carbonyl (C=O) groups is 1. The van der Waals surface area contributed by atoms with E-state index in [9.17, 15) is 4.79 Å². The van der Waals surface area contributed by atoms with Gasteiger partial charge in [0.25, 0.3) is 5.91 Å². The summed E-state index contributed by atoms with van der Waals surface area (Å²) in [7, 11) is 0. The summed E-state index contributed by atoms with van der Waals surface area (Å²) in [5, 5.41) is 0.815. The zero-order valence-corrected chi connectivity index (χ0v) is 7.66. The van der Waals surface area contributed by atoms with Gasteiger partial charge in [0.1, 0.15) is 0 Å². The van der Waals surface area contributed by atoms with Crippen molar-refractivity contribution < 1.29 is 4.79 Å². The monoisotopic (exact) mass is 190 g/mol.